The van der Waals surface area contributed by atoms with Crippen LogP contribution in [0.25, 0.3) is 0 Å². The molecule has 0 unspecified atom stereocenters. The van der Waals surface area contributed by atoms with Crippen molar-refractivity contribution in [3.8, 4) is 0 Å². The third-order valence-corrected chi connectivity index (χ3v) is 4.54. The first-order valence-corrected chi connectivity index (χ1v) is 12.4. The van der Waals surface area contributed by atoms with Gasteiger partial charge in [-0.05, 0) is 12.8 Å². The molecule has 0 spiro atoms. The van der Waals surface area contributed by atoms with E-state index in [9.17, 15) is 24.0 Å². The Morgan fingerprint density at radius 2 is 1.19 bits per heavy atom. The minimum Gasteiger partial charge on any atom is -0.480 e. The number of aliphatic carboxylic acids is 1. The van der Waals surface area contributed by atoms with Crippen molar-refractivity contribution < 1.29 is 48.0 Å². The van der Waals surface area contributed by atoms with Gasteiger partial charge in [0.15, 0.2) is 0 Å². The largest absolute Gasteiger partial charge is 0.480 e. The zero-order valence-corrected chi connectivity index (χ0v) is 21.8. The summed E-state index contributed by atoms with van der Waals surface area (Å²) in [4.78, 5) is 56.8. The topological polar surface area (TPSA) is 191 Å². The summed E-state index contributed by atoms with van der Waals surface area (Å²) >= 11 is 0. The van der Waals surface area contributed by atoms with E-state index < -0.39 is 17.9 Å². The Kier molecular flexibility index (Phi) is 21.8. The Bertz CT molecular complexity index is 678. The van der Waals surface area contributed by atoms with E-state index in [1.165, 1.54) is 6.92 Å². The molecule has 0 aliphatic rings. The molecule has 0 aromatic rings. The summed E-state index contributed by atoms with van der Waals surface area (Å²) in [6, 6.07) is -1.11. The van der Waals surface area contributed by atoms with Crippen LogP contribution in [0.5, 0.6) is 0 Å². The minimum atomic E-state index is -1.20. The molecule has 14 nitrogen and oxygen atoms in total. The summed E-state index contributed by atoms with van der Waals surface area (Å²) < 4.78 is 21.0. The third-order valence-electron chi connectivity index (χ3n) is 4.54. The number of carbonyl (C=O) groups is 5. The summed E-state index contributed by atoms with van der Waals surface area (Å²) in [7, 11) is 0. The van der Waals surface area contributed by atoms with Gasteiger partial charge in [-0.3, -0.25) is 19.2 Å². The first-order valence-electron chi connectivity index (χ1n) is 12.4. The van der Waals surface area contributed by atoms with Crippen LogP contribution in [0, 0.1) is 0 Å². The molecule has 14 heteroatoms. The lowest BCUT2D eigenvalue weighted by atomic mass is 10.1. The third kappa shape index (κ3) is 23.3. The first kappa shape index (κ1) is 34.2. The van der Waals surface area contributed by atoms with Gasteiger partial charge in [0.05, 0.1) is 39.6 Å². The Labute approximate surface area is 217 Å². The number of carboxylic acid groups (broad SMARTS) is 1. The van der Waals surface area contributed by atoms with Crippen molar-refractivity contribution in [1.29, 1.82) is 0 Å². The molecule has 0 saturated carbocycles. The monoisotopic (exact) mass is 534 g/mol. The molecule has 0 aliphatic carbocycles. The van der Waals surface area contributed by atoms with Crippen LogP contribution >= 0.6 is 0 Å². The number of carboxylic acids is 1. The molecule has 0 aromatic heterocycles. The quantitative estimate of drug-likeness (QED) is 0.0918. The van der Waals surface area contributed by atoms with Gasteiger partial charge in [-0.1, -0.05) is 13.3 Å². The summed E-state index contributed by atoms with van der Waals surface area (Å²) in [5.74, 6) is -2.48. The number of hydrogen-bond acceptors (Lipinski definition) is 9. The Morgan fingerprint density at radius 1 is 0.703 bits per heavy atom. The molecule has 4 amide bonds. The van der Waals surface area contributed by atoms with Crippen LogP contribution < -0.4 is 21.3 Å². The van der Waals surface area contributed by atoms with Gasteiger partial charge in [-0.15, -0.1) is 0 Å². The predicted octanol–water partition coefficient (Wildman–Crippen LogP) is -1.43. The van der Waals surface area contributed by atoms with Crippen molar-refractivity contribution in [2.45, 2.75) is 45.6 Å². The molecule has 0 aliphatic heterocycles. The van der Waals surface area contributed by atoms with Gasteiger partial charge in [-0.2, -0.15) is 0 Å². The second-order valence-electron chi connectivity index (χ2n) is 7.86. The van der Waals surface area contributed by atoms with Crippen molar-refractivity contribution >= 4 is 29.6 Å². The smallest absolute Gasteiger partial charge is 0.326 e. The number of carbonyl (C=O) groups excluding carboxylic acids is 4. The van der Waals surface area contributed by atoms with Gasteiger partial charge in [0.1, 0.15) is 19.3 Å². The fourth-order valence-corrected chi connectivity index (χ4v) is 2.67. The lowest BCUT2D eigenvalue weighted by Gasteiger charge is -2.13. The molecule has 0 heterocycles. The van der Waals surface area contributed by atoms with Crippen molar-refractivity contribution in [3.05, 3.63) is 0 Å². The second-order valence-corrected chi connectivity index (χ2v) is 7.86. The molecule has 0 aromatic carbocycles. The standard InChI is InChI=1S/C23H42N4O10/c1-3-4-7-24-21(30)16-36-14-13-35-11-9-26-22(31)17-37-15-12-34-10-8-25-20(29)6-5-19(23(32)33)27-18(2)28/h19H,3-17H2,1-2H3,(H,24,30)(H,25,29)(H,26,31)(H,27,28)(H,32,33)/t19-/m0/s1. The molecule has 0 radical (unpaired) electrons. The normalized spacial score (nSPS) is 11.4. The summed E-state index contributed by atoms with van der Waals surface area (Å²) in [5, 5.41) is 19.2. The Morgan fingerprint density at radius 3 is 1.68 bits per heavy atom. The van der Waals surface area contributed by atoms with E-state index in [0.29, 0.717) is 26.3 Å². The molecule has 5 N–H and O–H groups in total. The number of rotatable bonds is 24. The van der Waals surface area contributed by atoms with Gasteiger partial charge in [0, 0.05) is 33.0 Å². The highest BCUT2D eigenvalue weighted by atomic mass is 16.5. The van der Waals surface area contributed by atoms with Crippen molar-refractivity contribution in [2.75, 3.05) is 72.5 Å². The van der Waals surface area contributed by atoms with Crippen LogP contribution in [-0.2, 0) is 42.9 Å². The maximum Gasteiger partial charge on any atom is 0.326 e. The molecule has 1 atom stereocenters. The van der Waals surface area contributed by atoms with Crippen LogP contribution in [0.3, 0.4) is 0 Å². The highest BCUT2D eigenvalue weighted by Gasteiger charge is 2.19. The highest BCUT2D eigenvalue weighted by Crippen LogP contribution is 1.98. The van der Waals surface area contributed by atoms with Crippen LogP contribution in [0.15, 0.2) is 0 Å². The van der Waals surface area contributed by atoms with Crippen LogP contribution in [-0.4, -0.2) is 113 Å². The fourth-order valence-electron chi connectivity index (χ4n) is 2.67. The van der Waals surface area contributed by atoms with Gasteiger partial charge in [0.2, 0.25) is 23.6 Å². The number of nitrogens with one attached hydrogen (secondary N) is 4. The summed E-state index contributed by atoms with van der Waals surface area (Å²) in [6.45, 7) is 5.85. The van der Waals surface area contributed by atoms with Crippen LogP contribution in [0.4, 0.5) is 0 Å². The first-order chi connectivity index (χ1) is 17.8. The molecule has 214 valence electrons. The number of amides is 4. The maximum absolute atomic E-state index is 11.7. The lowest BCUT2D eigenvalue weighted by molar-refractivity contribution is -0.142. The average molecular weight is 535 g/mol. The van der Waals surface area contributed by atoms with Crippen molar-refractivity contribution in [1.82, 2.24) is 21.3 Å². The fraction of sp³-hybridized carbons (Fsp3) is 0.783. The SMILES string of the molecule is CCCCNC(=O)COCCOCCNC(=O)COCCOCCNC(=O)CC[C@H](NC(C)=O)C(=O)O. The van der Waals surface area contributed by atoms with Crippen LogP contribution in [0.1, 0.15) is 39.5 Å². The highest BCUT2D eigenvalue weighted by molar-refractivity contribution is 5.83. The van der Waals surface area contributed by atoms with Gasteiger partial charge >= 0.3 is 5.97 Å². The van der Waals surface area contributed by atoms with E-state index in [-0.39, 0.29) is 76.7 Å². The average Bonchev–Trinajstić information content (AvgIpc) is 2.84. The van der Waals surface area contributed by atoms with E-state index in [0.717, 1.165) is 12.8 Å². The molecule has 0 rings (SSSR count). The zero-order valence-electron chi connectivity index (χ0n) is 21.8. The molecule has 37 heavy (non-hydrogen) atoms. The molecule has 0 bridgehead atoms. The van der Waals surface area contributed by atoms with E-state index in [4.69, 9.17) is 24.1 Å². The molecule has 0 fully saturated rings. The van der Waals surface area contributed by atoms with E-state index in [1.54, 1.807) is 0 Å². The summed E-state index contributed by atoms with van der Waals surface area (Å²) in [6.07, 6.45) is 1.88. The molecular weight excluding hydrogens is 492 g/mol. The number of ether oxygens (including phenoxy) is 4. The maximum atomic E-state index is 11.7. The summed E-state index contributed by atoms with van der Waals surface area (Å²) in [5.41, 5.74) is 0. The van der Waals surface area contributed by atoms with Gasteiger partial charge in [-0.25, -0.2) is 4.79 Å². The van der Waals surface area contributed by atoms with Gasteiger partial charge < -0.3 is 45.3 Å². The second kappa shape index (κ2) is 23.6. The van der Waals surface area contributed by atoms with E-state index >= 15 is 0 Å². The Hall–Kier alpha value is -2.81. The van der Waals surface area contributed by atoms with Gasteiger partial charge in [0.25, 0.3) is 0 Å². The number of unbranched alkanes of at least 4 members (excludes halogenated alkanes) is 1. The van der Waals surface area contributed by atoms with Crippen LogP contribution in [0.2, 0.25) is 0 Å². The Balaban J connectivity index is 3.49. The van der Waals surface area contributed by atoms with E-state index in [2.05, 4.69) is 21.3 Å². The minimum absolute atomic E-state index is 0.00439. The van der Waals surface area contributed by atoms with Crippen molar-refractivity contribution in [3.63, 3.8) is 0 Å². The number of hydrogen-bond donors (Lipinski definition) is 5. The van der Waals surface area contributed by atoms with E-state index in [1.807, 2.05) is 6.92 Å². The zero-order chi connectivity index (χ0) is 27.7. The molecular formula is C23H42N4O10. The lowest BCUT2D eigenvalue weighted by Crippen LogP contribution is -2.40. The predicted molar refractivity (Wildman–Crippen MR) is 132 cm³/mol. The molecule has 0 saturated heterocycles. The van der Waals surface area contributed by atoms with Crippen molar-refractivity contribution in [2.24, 2.45) is 0 Å².